The van der Waals surface area contributed by atoms with Crippen LogP contribution < -0.4 is 15.5 Å². The molecule has 7 nitrogen and oxygen atoms in total. The molecule has 0 saturated carbocycles. The number of rotatable bonds is 5. The molecule has 2 N–H and O–H groups in total. The van der Waals surface area contributed by atoms with Crippen LogP contribution in [0.4, 0.5) is 16.4 Å². The van der Waals surface area contributed by atoms with Crippen molar-refractivity contribution in [1.82, 2.24) is 20.2 Å². The lowest BCUT2D eigenvalue weighted by molar-refractivity contribution is 0.240. The van der Waals surface area contributed by atoms with Crippen molar-refractivity contribution >= 4 is 17.7 Å². The Bertz CT molecular complexity index is 628. The summed E-state index contributed by atoms with van der Waals surface area (Å²) in [6, 6.07) is 11.1. The van der Waals surface area contributed by atoms with Gasteiger partial charge in [-0.15, -0.1) is 0 Å². The second-order valence-corrected chi connectivity index (χ2v) is 5.62. The average Bonchev–Trinajstić information content (AvgIpc) is 2.64. The minimum absolute atomic E-state index is 0.169. The lowest BCUT2D eigenvalue weighted by atomic mass is 10.3. The molecule has 0 atom stereocenters. The fourth-order valence-corrected chi connectivity index (χ4v) is 2.65. The summed E-state index contributed by atoms with van der Waals surface area (Å²) in [5.41, 5.74) is 0.798. The van der Waals surface area contributed by atoms with E-state index in [4.69, 9.17) is 0 Å². The van der Waals surface area contributed by atoms with Crippen molar-refractivity contribution in [2.75, 3.05) is 49.5 Å². The zero-order valence-electron chi connectivity index (χ0n) is 13.6. The third-order valence-corrected chi connectivity index (χ3v) is 3.95. The van der Waals surface area contributed by atoms with Crippen molar-refractivity contribution in [3.8, 4) is 0 Å². The lowest BCUT2D eigenvalue weighted by Crippen LogP contribution is -2.49. The molecule has 2 heterocycles. The van der Waals surface area contributed by atoms with Gasteiger partial charge in [0.2, 0.25) is 5.95 Å². The summed E-state index contributed by atoms with van der Waals surface area (Å²) in [7, 11) is 0. The summed E-state index contributed by atoms with van der Waals surface area (Å²) < 4.78 is 0. The van der Waals surface area contributed by atoms with E-state index in [9.17, 15) is 4.79 Å². The van der Waals surface area contributed by atoms with Gasteiger partial charge in [0.25, 0.3) is 0 Å². The van der Waals surface area contributed by atoms with E-state index < -0.39 is 0 Å². The first-order chi connectivity index (χ1) is 11.8. The topological polar surface area (TPSA) is 73.4 Å². The number of carbonyl (C=O) groups excluding carboxylic acids is 1. The second kappa shape index (κ2) is 8.26. The van der Waals surface area contributed by atoms with Crippen LogP contribution in [0.2, 0.25) is 0 Å². The van der Waals surface area contributed by atoms with Crippen LogP contribution in [0.5, 0.6) is 0 Å². The lowest BCUT2D eigenvalue weighted by Gasteiger charge is -2.34. The van der Waals surface area contributed by atoms with E-state index >= 15 is 0 Å². The molecule has 2 amide bonds. The Hall–Kier alpha value is -2.67. The molecule has 24 heavy (non-hydrogen) atoms. The number of amides is 2. The highest BCUT2D eigenvalue weighted by atomic mass is 16.2. The third kappa shape index (κ3) is 4.66. The SMILES string of the molecule is O=C(NCCN1CCN(c2ncccn2)CC1)Nc1ccccc1. The highest BCUT2D eigenvalue weighted by Crippen LogP contribution is 2.09. The van der Waals surface area contributed by atoms with Crippen molar-refractivity contribution in [3.05, 3.63) is 48.8 Å². The fraction of sp³-hybridized carbons (Fsp3) is 0.353. The molecule has 126 valence electrons. The maximum absolute atomic E-state index is 11.8. The smallest absolute Gasteiger partial charge is 0.319 e. The van der Waals surface area contributed by atoms with Crippen molar-refractivity contribution in [2.45, 2.75) is 0 Å². The molecule has 1 aliphatic heterocycles. The van der Waals surface area contributed by atoms with Crippen LogP contribution in [0.25, 0.3) is 0 Å². The van der Waals surface area contributed by atoms with Crippen LogP contribution in [0, 0.1) is 0 Å². The number of para-hydroxylation sites is 1. The van der Waals surface area contributed by atoms with Crippen LogP contribution >= 0.6 is 0 Å². The van der Waals surface area contributed by atoms with E-state index in [1.54, 1.807) is 12.4 Å². The molecule has 7 heteroatoms. The molecule has 3 rings (SSSR count). The van der Waals surface area contributed by atoms with Gasteiger partial charge in [-0.05, 0) is 18.2 Å². The van der Waals surface area contributed by atoms with Gasteiger partial charge in [-0.2, -0.15) is 0 Å². The third-order valence-electron chi connectivity index (χ3n) is 3.95. The Labute approximate surface area is 141 Å². The van der Waals surface area contributed by atoms with Gasteiger partial charge in [0, 0.05) is 57.3 Å². The average molecular weight is 326 g/mol. The van der Waals surface area contributed by atoms with Crippen LogP contribution in [0.15, 0.2) is 48.8 Å². The molecule has 1 saturated heterocycles. The monoisotopic (exact) mass is 326 g/mol. The quantitative estimate of drug-likeness (QED) is 0.869. The number of piperazine rings is 1. The molecule has 0 spiro atoms. The number of hydrogen-bond acceptors (Lipinski definition) is 5. The first kappa shape index (κ1) is 16.2. The highest BCUT2D eigenvalue weighted by Gasteiger charge is 2.18. The molecular formula is C17H22N6O. The second-order valence-electron chi connectivity index (χ2n) is 5.62. The van der Waals surface area contributed by atoms with E-state index in [2.05, 4.69) is 30.4 Å². The summed E-state index contributed by atoms with van der Waals surface area (Å²) in [4.78, 5) is 24.9. The first-order valence-corrected chi connectivity index (χ1v) is 8.15. The summed E-state index contributed by atoms with van der Waals surface area (Å²) >= 11 is 0. The number of urea groups is 1. The predicted molar refractivity (Wildman–Crippen MR) is 94.1 cm³/mol. The van der Waals surface area contributed by atoms with E-state index in [1.165, 1.54) is 0 Å². The molecule has 1 aliphatic rings. The van der Waals surface area contributed by atoms with Crippen molar-refractivity contribution < 1.29 is 4.79 Å². The molecule has 0 radical (unpaired) electrons. The van der Waals surface area contributed by atoms with E-state index in [-0.39, 0.29) is 6.03 Å². The molecular weight excluding hydrogens is 304 g/mol. The molecule has 2 aromatic rings. The Balaban J connectivity index is 1.34. The minimum Gasteiger partial charge on any atom is -0.338 e. The van der Waals surface area contributed by atoms with Crippen molar-refractivity contribution in [2.24, 2.45) is 0 Å². The van der Waals surface area contributed by atoms with Crippen LogP contribution in [0.1, 0.15) is 0 Å². The van der Waals surface area contributed by atoms with Gasteiger partial charge in [0.1, 0.15) is 0 Å². The van der Waals surface area contributed by atoms with E-state index in [0.29, 0.717) is 6.54 Å². The fourth-order valence-electron chi connectivity index (χ4n) is 2.65. The number of benzene rings is 1. The van der Waals surface area contributed by atoms with Gasteiger partial charge < -0.3 is 15.5 Å². The summed E-state index contributed by atoms with van der Waals surface area (Å²) in [5.74, 6) is 0.789. The number of carbonyl (C=O) groups is 1. The molecule has 1 fully saturated rings. The van der Waals surface area contributed by atoms with Gasteiger partial charge >= 0.3 is 6.03 Å². The zero-order valence-corrected chi connectivity index (χ0v) is 13.6. The zero-order chi connectivity index (χ0) is 16.6. The Morgan fingerprint density at radius 3 is 2.42 bits per heavy atom. The van der Waals surface area contributed by atoms with Gasteiger partial charge in [-0.25, -0.2) is 14.8 Å². The van der Waals surface area contributed by atoms with Gasteiger partial charge in [0.15, 0.2) is 0 Å². The maximum Gasteiger partial charge on any atom is 0.319 e. The van der Waals surface area contributed by atoms with Crippen molar-refractivity contribution in [1.29, 1.82) is 0 Å². The molecule has 0 unspecified atom stereocenters. The number of nitrogens with zero attached hydrogens (tertiary/aromatic N) is 4. The Morgan fingerprint density at radius 2 is 1.71 bits per heavy atom. The van der Waals surface area contributed by atoms with Gasteiger partial charge in [-0.1, -0.05) is 18.2 Å². The Morgan fingerprint density at radius 1 is 1.00 bits per heavy atom. The summed E-state index contributed by atoms with van der Waals surface area (Å²) in [6.07, 6.45) is 3.54. The van der Waals surface area contributed by atoms with E-state index in [1.807, 2.05) is 36.4 Å². The van der Waals surface area contributed by atoms with Gasteiger partial charge in [0.05, 0.1) is 0 Å². The van der Waals surface area contributed by atoms with E-state index in [0.717, 1.165) is 44.4 Å². The number of aromatic nitrogens is 2. The predicted octanol–water partition coefficient (Wildman–Crippen LogP) is 1.42. The molecule has 1 aromatic carbocycles. The minimum atomic E-state index is -0.169. The molecule has 0 aliphatic carbocycles. The maximum atomic E-state index is 11.8. The first-order valence-electron chi connectivity index (χ1n) is 8.15. The largest absolute Gasteiger partial charge is 0.338 e. The van der Waals surface area contributed by atoms with Gasteiger partial charge in [-0.3, -0.25) is 4.90 Å². The number of nitrogens with one attached hydrogen (secondary N) is 2. The van der Waals surface area contributed by atoms with Crippen LogP contribution in [0.3, 0.4) is 0 Å². The number of hydrogen-bond donors (Lipinski definition) is 2. The highest BCUT2D eigenvalue weighted by molar-refractivity contribution is 5.89. The van der Waals surface area contributed by atoms with Crippen LogP contribution in [-0.2, 0) is 0 Å². The molecule has 1 aromatic heterocycles. The standard InChI is InChI=1S/C17H22N6O/c24-17(21-15-5-2-1-3-6-15)20-9-10-22-11-13-23(14-12-22)16-18-7-4-8-19-16/h1-8H,9-14H2,(H2,20,21,24). The summed E-state index contributed by atoms with van der Waals surface area (Å²) in [6.45, 7) is 5.16. The Kier molecular flexibility index (Phi) is 5.57. The van der Waals surface area contributed by atoms with Crippen LogP contribution in [-0.4, -0.2) is 60.2 Å². The van der Waals surface area contributed by atoms with Crippen molar-refractivity contribution in [3.63, 3.8) is 0 Å². The molecule has 0 bridgehead atoms. The summed E-state index contributed by atoms with van der Waals surface area (Å²) in [5, 5.41) is 5.71. The number of anilines is 2. The normalized spacial score (nSPS) is 15.1.